The number of ether oxygens (including phenoxy) is 1. The number of hydrogen-bond donors (Lipinski definition) is 1. The summed E-state index contributed by atoms with van der Waals surface area (Å²) in [7, 11) is -3.81. The number of halogens is 2. The number of nitrogens with zero attached hydrogens (tertiary/aromatic N) is 3. The van der Waals surface area contributed by atoms with Crippen LogP contribution in [0, 0.1) is 11.6 Å². The van der Waals surface area contributed by atoms with E-state index in [9.17, 15) is 13.5 Å². The molecule has 0 unspecified atom stereocenters. The number of rotatable bonds is 6. The van der Waals surface area contributed by atoms with Crippen LogP contribution in [0.3, 0.4) is 0 Å². The van der Waals surface area contributed by atoms with Crippen molar-refractivity contribution in [3.05, 3.63) is 82.6 Å². The first-order valence-electron chi connectivity index (χ1n) is 12.3. The van der Waals surface area contributed by atoms with Gasteiger partial charge in [-0.2, -0.15) is 4.31 Å². The van der Waals surface area contributed by atoms with Crippen LogP contribution in [-0.2, 0) is 33.3 Å². The second kappa shape index (κ2) is 10.2. The van der Waals surface area contributed by atoms with E-state index in [0.717, 1.165) is 12.1 Å². The maximum Gasteiger partial charge on any atom is 0.241 e. The van der Waals surface area contributed by atoms with Gasteiger partial charge in [-0.3, -0.25) is 0 Å². The summed E-state index contributed by atoms with van der Waals surface area (Å²) in [6.07, 6.45) is 1.64. The number of hydrogen-bond acceptors (Lipinski definition) is 7. The van der Waals surface area contributed by atoms with E-state index in [4.69, 9.17) is 9.15 Å². The van der Waals surface area contributed by atoms with Gasteiger partial charge in [0.1, 0.15) is 23.5 Å². The molecule has 2 saturated heterocycles. The van der Waals surface area contributed by atoms with Crippen LogP contribution in [0.1, 0.15) is 66.3 Å². The molecule has 198 valence electrons. The highest BCUT2D eigenvalue weighted by molar-refractivity contribution is 7.89. The molecule has 0 radical (unpaired) electrons. The van der Waals surface area contributed by atoms with Crippen molar-refractivity contribution in [2.75, 3.05) is 13.2 Å². The van der Waals surface area contributed by atoms with Gasteiger partial charge in [0.15, 0.2) is 0 Å². The number of aromatic nitrogens is 2. The zero-order valence-corrected chi connectivity index (χ0v) is 21.3. The van der Waals surface area contributed by atoms with Gasteiger partial charge in [0, 0.05) is 36.9 Å². The molecule has 0 amide bonds. The molecule has 1 N–H and O–H groups in total. The molecule has 3 aromatic rings. The van der Waals surface area contributed by atoms with Crippen molar-refractivity contribution in [3.63, 3.8) is 0 Å². The Kier molecular flexibility index (Phi) is 7.14. The van der Waals surface area contributed by atoms with Crippen LogP contribution < -0.4 is 0 Å². The van der Waals surface area contributed by atoms with Crippen molar-refractivity contribution in [1.29, 1.82) is 0 Å². The third-order valence-corrected chi connectivity index (χ3v) is 9.90. The molecule has 0 spiro atoms. The van der Waals surface area contributed by atoms with Crippen LogP contribution in [0.2, 0.25) is 0 Å². The van der Waals surface area contributed by atoms with Crippen molar-refractivity contribution in [2.24, 2.45) is 0 Å². The lowest BCUT2D eigenvalue weighted by Gasteiger charge is -2.38. The van der Waals surface area contributed by atoms with Crippen molar-refractivity contribution >= 4 is 10.0 Å². The molecule has 0 aliphatic carbocycles. The lowest BCUT2D eigenvalue weighted by Crippen LogP contribution is -2.45. The Morgan fingerprint density at radius 2 is 1.81 bits per heavy atom. The normalized spacial score (nSPS) is 23.7. The third-order valence-electron chi connectivity index (χ3n) is 7.53. The average Bonchev–Trinajstić information content (AvgIpc) is 3.39. The Hall–Kier alpha value is -2.73. The zero-order valence-electron chi connectivity index (χ0n) is 20.4. The standard InChI is InChI=1S/C26H29F2N3O5S/c1-17-7-8-23(18-5-3-2-4-6-18)37(33,34)31(17)15-19-13-22(28)20(14-21(19)27)26(9-11-35-12-10-26)25-30-29-24(16-32)36-25/h2-6,13-14,17,23,32H,7-12,15-16H2,1H3/t17-,23+/m0/s1. The molecule has 2 atom stereocenters. The van der Waals surface area contributed by atoms with E-state index < -0.39 is 38.9 Å². The minimum atomic E-state index is -3.81. The molecule has 37 heavy (non-hydrogen) atoms. The number of sulfonamides is 1. The predicted molar refractivity (Wildman–Crippen MR) is 130 cm³/mol. The second-order valence-corrected chi connectivity index (χ2v) is 11.8. The van der Waals surface area contributed by atoms with Gasteiger partial charge >= 0.3 is 0 Å². The first kappa shape index (κ1) is 25.9. The fraction of sp³-hybridized carbons (Fsp3) is 0.462. The lowest BCUT2D eigenvalue weighted by atomic mass is 9.73. The Morgan fingerprint density at radius 1 is 1.08 bits per heavy atom. The second-order valence-electron chi connectivity index (χ2n) is 9.69. The topological polar surface area (TPSA) is 106 Å². The average molecular weight is 534 g/mol. The Balaban J connectivity index is 1.49. The Morgan fingerprint density at radius 3 is 2.49 bits per heavy atom. The fourth-order valence-corrected chi connectivity index (χ4v) is 7.61. The molecular formula is C26H29F2N3O5S. The van der Waals surface area contributed by atoms with E-state index in [1.165, 1.54) is 4.31 Å². The highest BCUT2D eigenvalue weighted by atomic mass is 32.2. The highest BCUT2D eigenvalue weighted by Gasteiger charge is 2.45. The molecule has 3 heterocycles. The smallest absolute Gasteiger partial charge is 0.241 e. The minimum absolute atomic E-state index is 0.0179. The Bertz CT molecular complexity index is 1360. The van der Waals surface area contributed by atoms with Gasteiger partial charge < -0.3 is 14.3 Å². The quantitative estimate of drug-likeness (QED) is 0.511. The van der Waals surface area contributed by atoms with Crippen molar-refractivity contribution in [1.82, 2.24) is 14.5 Å². The summed E-state index contributed by atoms with van der Waals surface area (Å²) >= 11 is 0. The molecule has 2 aliphatic rings. The molecule has 1 aromatic heterocycles. The highest BCUT2D eigenvalue weighted by Crippen LogP contribution is 2.43. The number of aliphatic hydroxyl groups excluding tert-OH is 1. The number of benzene rings is 2. The van der Waals surface area contributed by atoms with Gasteiger partial charge in [-0.25, -0.2) is 17.2 Å². The van der Waals surface area contributed by atoms with Gasteiger partial charge in [0.05, 0.1) is 5.41 Å². The van der Waals surface area contributed by atoms with E-state index in [1.54, 1.807) is 31.2 Å². The lowest BCUT2D eigenvalue weighted by molar-refractivity contribution is 0.0522. The SMILES string of the molecule is C[C@H]1CC[C@H](c2ccccc2)S(=O)(=O)N1Cc1cc(F)c(C2(c3nnc(CO)o3)CCOCC2)cc1F. The van der Waals surface area contributed by atoms with Crippen LogP contribution in [0.4, 0.5) is 8.78 Å². The molecule has 8 nitrogen and oxygen atoms in total. The monoisotopic (exact) mass is 533 g/mol. The molecule has 11 heteroatoms. The van der Waals surface area contributed by atoms with E-state index in [2.05, 4.69) is 10.2 Å². The van der Waals surface area contributed by atoms with Crippen LogP contribution in [0.5, 0.6) is 0 Å². The fourth-order valence-electron chi connectivity index (χ4n) is 5.42. The van der Waals surface area contributed by atoms with E-state index in [-0.39, 0.29) is 61.6 Å². The number of aliphatic hydroxyl groups is 1. The van der Waals surface area contributed by atoms with Crippen LogP contribution >= 0.6 is 0 Å². The summed E-state index contributed by atoms with van der Waals surface area (Å²) in [4.78, 5) is 0. The molecule has 2 aliphatic heterocycles. The van der Waals surface area contributed by atoms with Gasteiger partial charge in [0.2, 0.25) is 21.8 Å². The Labute approximate surface area is 214 Å². The maximum atomic E-state index is 15.7. The molecule has 0 saturated carbocycles. The molecule has 0 bridgehead atoms. The van der Waals surface area contributed by atoms with Gasteiger partial charge in [-0.1, -0.05) is 30.3 Å². The van der Waals surface area contributed by atoms with E-state index in [1.807, 2.05) is 6.07 Å². The zero-order chi connectivity index (χ0) is 26.2. The first-order valence-corrected chi connectivity index (χ1v) is 13.8. The van der Waals surface area contributed by atoms with Crippen LogP contribution in [-0.4, -0.2) is 47.3 Å². The summed E-state index contributed by atoms with van der Waals surface area (Å²) < 4.78 is 70.7. The maximum absolute atomic E-state index is 15.7. The van der Waals surface area contributed by atoms with Crippen molar-refractivity contribution in [3.8, 4) is 0 Å². The van der Waals surface area contributed by atoms with Gasteiger partial charge in [0.25, 0.3) is 0 Å². The predicted octanol–water partition coefficient (Wildman–Crippen LogP) is 3.99. The summed E-state index contributed by atoms with van der Waals surface area (Å²) in [5, 5.41) is 16.4. The minimum Gasteiger partial charge on any atom is -0.422 e. The molecule has 2 fully saturated rings. The summed E-state index contributed by atoms with van der Waals surface area (Å²) in [6.45, 7) is 1.60. The van der Waals surface area contributed by atoms with Gasteiger partial charge in [-0.15, -0.1) is 10.2 Å². The van der Waals surface area contributed by atoms with Gasteiger partial charge in [-0.05, 0) is 50.3 Å². The summed E-state index contributed by atoms with van der Waals surface area (Å²) in [5.41, 5.74) is -0.439. The largest absolute Gasteiger partial charge is 0.422 e. The summed E-state index contributed by atoms with van der Waals surface area (Å²) in [6, 6.07) is 10.8. The van der Waals surface area contributed by atoms with E-state index in [0.29, 0.717) is 18.4 Å². The molecule has 5 rings (SSSR count). The third kappa shape index (κ3) is 4.69. The van der Waals surface area contributed by atoms with Crippen molar-refractivity contribution < 1.29 is 31.5 Å². The van der Waals surface area contributed by atoms with Crippen molar-refractivity contribution in [2.45, 2.75) is 62.5 Å². The van der Waals surface area contributed by atoms with Crippen LogP contribution in [0.15, 0.2) is 46.9 Å². The molecule has 2 aromatic carbocycles. The summed E-state index contributed by atoms with van der Waals surface area (Å²) in [5.74, 6) is -1.34. The first-order chi connectivity index (χ1) is 17.8. The van der Waals surface area contributed by atoms with E-state index >= 15 is 8.78 Å². The molecular weight excluding hydrogens is 504 g/mol. The van der Waals surface area contributed by atoms with Crippen LogP contribution in [0.25, 0.3) is 0 Å².